The zero-order valence-corrected chi connectivity index (χ0v) is 12.1. The third-order valence-corrected chi connectivity index (χ3v) is 3.92. The van der Waals surface area contributed by atoms with E-state index in [0.29, 0.717) is 6.04 Å². The lowest BCUT2D eigenvalue weighted by Gasteiger charge is -2.33. The van der Waals surface area contributed by atoms with Crippen molar-refractivity contribution in [2.24, 2.45) is 0 Å². The molecule has 1 atom stereocenters. The summed E-state index contributed by atoms with van der Waals surface area (Å²) in [6, 6.07) is 9.13. The van der Waals surface area contributed by atoms with Crippen molar-refractivity contribution >= 4 is 5.69 Å². The van der Waals surface area contributed by atoms with Crippen molar-refractivity contribution < 1.29 is 5.11 Å². The average Bonchev–Trinajstić information content (AvgIpc) is 2.41. The van der Waals surface area contributed by atoms with E-state index in [1.807, 2.05) is 6.92 Å². The van der Waals surface area contributed by atoms with Gasteiger partial charge in [0.25, 0.3) is 0 Å². The summed E-state index contributed by atoms with van der Waals surface area (Å²) in [4.78, 5) is 2.38. The lowest BCUT2D eigenvalue weighted by Crippen LogP contribution is -2.42. The Balaban J connectivity index is 1.77. The van der Waals surface area contributed by atoms with Crippen LogP contribution in [0.5, 0.6) is 0 Å². The first-order valence-electron chi connectivity index (χ1n) is 7.41. The van der Waals surface area contributed by atoms with Crippen LogP contribution < -0.4 is 5.32 Å². The second kappa shape index (κ2) is 6.92. The van der Waals surface area contributed by atoms with E-state index >= 15 is 0 Å². The van der Waals surface area contributed by atoms with Crippen molar-refractivity contribution in [2.75, 3.05) is 25.0 Å². The minimum atomic E-state index is -0.165. The fourth-order valence-electron chi connectivity index (χ4n) is 2.66. The number of benzene rings is 1. The summed E-state index contributed by atoms with van der Waals surface area (Å²) in [7, 11) is 0. The van der Waals surface area contributed by atoms with Crippen molar-refractivity contribution in [1.82, 2.24) is 4.90 Å². The van der Waals surface area contributed by atoms with Gasteiger partial charge < -0.3 is 15.3 Å². The van der Waals surface area contributed by atoms with E-state index < -0.39 is 0 Å². The second-order valence-corrected chi connectivity index (χ2v) is 5.65. The Bertz CT molecular complexity index is 386. The molecule has 0 amide bonds. The highest BCUT2D eigenvalue weighted by molar-refractivity contribution is 5.46. The Kier molecular flexibility index (Phi) is 5.23. The van der Waals surface area contributed by atoms with Gasteiger partial charge in [0.1, 0.15) is 0 Å². The number of likely N-dealkylation sites (tertiary alicyclic amines) is 1. The third kappa shape index (κ3) is 4.51. The van der Waals surface area contributed by atoms with E-state index in [9.17, 15) is 5.11 Å². The molecule has 0 radical (unpaired) electrons. The molecule has 0 saturated carbocycles. The fraction of sp³-hybridized carbons (Fsp3) is 0.625. The number of rotatable bonds is 5. The highest BCUT2D eigenvalue weighted by atomic mass is 16.3. The molecule has 1 aromatic rings. The monoisotopic (exact) mass is 262 g/mol. The number of anilines is 1. The van der Waals surface area contributed by atoms with Crippen LogP contribution in [-0.2, 0) is 0 Å². The van der Waals surface area contributed by atoms with Gasteiger partial charge in [-0.2, -0.15) is 0 Å². The van der Waals surface area contributed by atoms with Gasteiger partial charge in [0.2, 0.25) is 0 Å². The maximum atomic E-state index is 9.68. The number of aliphatic hydroxyl groups is 1. The van der Waals surface area contributed by atoms with E-state index in [1.54, 1.807) is 0 Å². The molecule has 0 aliphatic carbocycles. The predicted octanol–water partition coefficient (Wildman–Crippen LogP) is 2.64. The number of aliphatic hydroxyl groups excluding tert-OH is 1. The van der Waals surface area contributed by atoms with Gasteiger partial charge in [-0.15, -0.1) is 0 Å². The van der Waals surface area contributed by atoms with Crippen molar-refractivity contribution in [2.45, 2.75) is 45.3 Å². The SMILES string of the molecule is CCC(O)CN1CCC(Nc2cccc(C)c2)CC1. The predicted molar refractivity (Wildman–Crippen MR) is 80.6 cm³/mol. The zero-order chi connectivity index (χ0) is 13.7. The fourth-order valence-corrected chi connectivity index (χ4v) is 2.66. The number of aryl methyl sites for hydroxylation is 1. The molecule has 1 aromatic carbocycles. The molecule has 1 fully saturated rings. The molecule has 1 saturated heterocycles. The summed E-state index contributed by atoms with van der Waals surface area (Å²) in [6.45, 7) is 7.16. The second-order valence-electron chi connectivity index (χ2n) is 5.65. The molecular weight excluding hydrogens is 236 g/mol. The van der Waals surface area contributed by atoms with Crippen molar-refractivity contribution in [1.29, 1.82) is 0 Å². The lowest BCUT2D eigenvalue weighted by atomic mass is 10.0. The Morgan fingerprint density at radius 2 is 2.11 bits per heavy atom. The standard InChI is InChI=1S/C16H26N2O/c1-3-16(19)12-18-9-7-14(8-10-18)17-15-6-4-5-13(2)11-15/h4-6,11,14,16-17,19H,3,7-10,12H2,1-2H3. The Hall–Kier alpha value is -1.06. The smallest absolute Gasteiger partial charge is 0.0664 e. The van der Waals surface area contributed by atoms with Crippen LogP contribution in [0, 0.1) is 6.92 Å². The molecule has 1 heterocycles. The molecule has 1 unspecified atom stereocenters. The van der Waals surface area contributed by atoms with Crippen LogP contribution >= 0.6 is 0 Å². The minimum Gasteiger partial charge on any atom is -0.392 e. The van der Waals surface area contributed by atoms with Crippen LogP contribution in [0.4, 0.5) is 5.69 Å². The van der Waals surface area contributed by atoms with Crippen molar-refractivity contribution in [3.8, 4) is 0 Å². The van der Waals surface area contributed by atoms with Crippen LogP contribution in [0.1, 0.15) is 31.7 Å². The van der Waals surface area contributed by atoms with Gasteiger partial charge >= 0.3 is 0 Å². The molecule has 19 heavy (non-hydrogen) atoms. The van der Waals surface area contributed by atoms with Crippen LogP contribution in [-0.4, -0.2) is 41.8 Å². The number of hydrogen-bond donors (Lipinski definition) is 2. The Morgan fingerprint density at radius 1 is 1.37 bits per heavy atom. The van der Waals surface area contributed by atoms with E-state index in [4.69, 9.17) is 0 Å². The van der Waals surface area contributed by atoms with Crippen molar-refractivity contribution in [3.63, 3.8) is 0 Å². The van der Waals surface area contributed by atoms with Gasteiger partial charge in [0.05, 0.1) is 6.10 Å². The molecule has 0 bridgehead atoms. The van der Waals surface area contributed by atoms with Crippen LogP contribution in [0.25, 0.3) is 0 Å². The topological polar surface area (TPSA) is 35.5 Å². The zero-order valence-electron chi connectivity index (χ0n) is 12.1. The first kappa shape index (κ1) is 14.4. The molecule has 0 spiro atoms. The average molecular weight is 262 g/mol. The number of nitrogens with zero attached hydrogens (tertiary/aromatic N) is 1. The maximum absolute atomic E-state index is 9.68. The first-order chi connectivity index (χ1) is 9.17. The van der Waals surface area contributed by atoms with Gasteiger partial charge in [0.15, 0.2) is 0 Å². The largest absolute Gasteiger partial charge is 0.392 e. The molecule has 2 rings (SSSR count). The summed E-state index contributed by atoms with van der Waals surface area (Å²) in [6.07, 6.45) is 3.00. The molecule has 3 nitrogen and oxygen atoms in total. The molecule has 106 valence electrons. The highest BCUT2D eigenvalue weighted by Gasteiger charge is 2.20. The first-order valence-corrected chi connectivity index (χ1v) is 7.41. The van der Waals surface area contributed by atoms with Crippen molar-refractivity contribution in [3.05, 3.63) is 29.8 Å². The van der Waals surface area contributed by atoms with Crippen LogP contribution in [0.3, 0.4) is 0 Å². The molecule has 1 aliphatic rings. The summed E-state index contributed by atoms with van der Waals surface area (Å²) >= 11 is 0. The van der Waals surface area contributed by atoms with Gasteiger partial charge in [-0.1, -0.05) is 19.1 Å². The quantitative estimate of drug-likeness (QED) is 0.856. The van der Waals surface area contributed by atoms with E-state index in [2.05, 4.69) is 41.4 Å². The number of piperidine rings is 1. The van der Waals surface area contributed by atoms with Gasteiger partial charge in [0, 0.05) is 31.4 Å². The van der Waals surface area contributed by atoms with E-state index in [-0.39, 0.29) is 6.10 Å². The number of hydrogen-bond acceptors (Lipinski definition) is 3. The lowest BCUT2D eigenvalue weighted by molar-refractivity contribution is 0.0962. The Labute approximate surface area is 116 Å². The molecule has 3 heteroatoms. The molecular formula is C16H26N2O. The summed E-state index contributed by atoms with van der Waals surface area (Å²) < 4.78 is 0. The number of nitrogens with one attached hydrogen (secondary N) is 1. The maximum Gasteiger partial charge on any atom is 0.0664 e. The third-order valence-electron chi connectivity index (χ3n) is 3.92. The normalized spacial score (nSPS) is 19.3. The summed E-state index contributed by atoms with van der Waals surface area (Å²) in [5.41, 5.74) is 2.53. The number of β-amino-alcohol motifs (C(OH)–C–C–N with tert-alkyl or cyclic N) is 1. The summed E-state index contributed by atoms with van der Waals surface area (Å²) in [5, 5.41) is 13.3. The van der Waals surface area contributed by atoms with Gasteiger partial charge in [-0.05, 0) is 43.9 Å². The van der Waals surface area contributed by atoms with E-state index in [1.165, 1.54) is 11.3 Å². The Morgan fingerprint density at radius 3 is 2.74 bits per heavy atom. The van der Waals surface area contributed by atoms with Crippen LogP contribution in [0.2, 0.25) is 0 Å². The highest BCUT2D eigenvalue weighted by Crippen LogP contribution is 2.17. The molecule has 0 aromatic heterocycles. The minimum absolute atomic E-state index is 0.165. The van der Waals surface area contributed by atoms with Crippen LogP contribution in [0.15, 0.2) is 24.3 Å². The molecule has 1 aliphatic heterocycles. The molecule has 2 N–H and O–H groups in total. The van der Waals surface area contributed by atoms with E-state index in [0.717, 1.165) is 38.9 Å². The van der Waals surface area contributed by atoms with Gasteiger partial charge in [-0.25, -0.2) is 0 Å². The van der Waals surface area contributed by atoms with Gasteiger partial charge in [-0.3, -0.25) is 0 Å². The summed E-state index contributed by atoms with van der Waals surface area (Å²) in [5.74, 6) is 0.